The molecule has 0 aliphatic rings. The molecule has 8 heteroatoms. The average Bonchev–Trinajstić information content (AvgIpc) is 3.01. The smallest absolute Gasteiger partial charge is 0.358 e. The van der Waals surface area contributed by atoms with Gasteiger partial charge in [0, 0.05) is 29.2 Å². The Labute approximate surface area is 153 Å². The van der Waals surface area contributed by atoms with Crippen molar-refractivity contribution in [2.75, 3.05) is 5.73 Å². The zero-order chi connectivity index (χ0) is 19.1. The second-order valence-electron chi connectivity index (χ2n) is 6.02. The zero-order valence-corrected chi connectivity index (χ0v) is 14.2. The lowest BCUT2D eigenvalue weighted by atomic mass is 10.0. The highest BCUT2D eigenvalue weighted by atomic mass is 19.1. The molecule has 0 saturated carbocycles. The number of hydrogen-bond donors (Lipinski definition) is 2. The van der Waals surface area contributed by atoms with Crippen LogP contribution in [0, 0.1) is 12.7 Å². The van der Waals surface area contributed by atoms with E-state index in [0.29, 0.717) is 22.5 Å². The van der Waals surface area contributed by atoms with Gasteiger partial charge >= 0.3 is 5.97 Å². The summed E-state index contributed by atoms with van der Waals surface area (Å²) in [4.78, 5) is 24.2. The first-order valence-corrected chi connectivity index (χ1v) is 8.05. The van der Waals surface area contributed by atoms with E-state index in [9.17, 15) is 14.3 Å². The standard InChI is InChI=1S/C19H14FN5O2/c1-10-8-22-14-6-5-12(9-25(10)14)16-15(11-3-2-4-13(20)7-11)24-18(21)17(23-16)19(26)27/h2-9H,1H3,(H2,21,24)(H,26,27). The Kier molecular flexibility index (Phi) is 3.80. The van der Waals surface area contributed by atoms with Gasteiger partial charge in [0.25, 0.3) is 0 Å². The van der Waals surface area contributed by atoms with Crippen LogP contribution >= 0.6 is 0 Å². The first-order valence-electron chi connectivity index (χ1n) is 8.05. The summed E-state index contributed by atoms with van der Waals surface area (Å²) >= 11 is 0. The van der Waals surface area contributed by atoms with Gasteiger partial charge in [0.1, 0.15) is 11.5 Å². The van der Waals surface area contributed by atoms with Crippen molar-refractivity contribution < 1.29 is 14.3 Å². The van der Waals surface area contributed by atoms with Gasteiger partial charge in [-0.15, -0.1) is 0 Å². The Morgan fingerprint density at radius 1 is 1.15 bits per heavy atom. The highest BCUT2D eigenvalue weighted by Crippen LogP contribution is 2.31. The maximum Gasteiger partial charge on any atom is 0.358 e. The normalized spacial score (nSPS) is 11.0. The van der Waals surface area contributed by atoms with Crippen molar-refractivity contribution in [2.24, 2.45) is 0 Å². The molecule has 0 amide bonds. The Morgan fingerprint density at radius 3 is 2.67 bits per heavy atom. The van der Waals surface area contributed by atoms with E-state index in [4.69, 9.17) is 5.73 Å². The summed E-state index contributed by atoms with van der Waals surface area (Å²) in [7, 11) is 0. The lowest BCUT2D eigenvalue weighted by Crippen LogP contribution is -2.10. The molecule has 134 valence electrons. The number of nitrogen functional groups attached to an aromatic ring is 1. The maximum atomic E-state index is 13.7. The predicted molar refractivity (Wildman–Crippen MR) is 97.7 cm³/mol. The van der Waals surface area contributed by atoms with Crippen LogP contribution in [0.3, 0.4) is 0 Å². The highest BCUT2D eigenvalue weighted by Gasteiger charge is 2.20. The molecule has 3 aromatic heterocycles. The minimum absolute atomic E-state index is 0.231. The van der Waals surface area contributed by atoms with Crippen LogP contribution in [-0.2, 0) is 0 Å². The maximum absolute atomic E-state index is 13.7. The van der Waals surface area contributed by atoms with Crippen LogP contribution in [0.15, 0.2) is 48.8 Å². The van der Waals surface area contributed by atoms with Gasteiger partial charge < -0.3 is 15.2 Å². The molecule has 0 unspecified atom stereocenters. The van der Waals surface area contributed by atoms with Gasteiger partial charge in [-0.2, -0.15) is 0 Å². The molecule has 0 atom stereocenters. The molecule has 3 heterocycles. The van der Waals surface area contributed by atoms with Gasteiger partial charge in [0.05, 0.1) is 11.4 Å². The van der Waals surface area contributed by atoms with E-state index in [1.807, 2.05) is 11.3 Å². The fourth-order valence-corrected chi connectivity index (χ4v) is 2.89. The fraction of sp³-hybridized carbons (Fsp3) is 0.0526. The summed E-state index contributed by atoms with van der Waals surface area (Å²) in [5.41, 5.74) is 8.72. The first kappa shape index (κ1) is 16.6. The zero-order valence-electron chi connectivity index (χ0n) is 14.2. The number of fused-ring (bicyclic) bond motifs is 1. The van der Waals surface area contributed by atoms with E-state index >= 15 is 0 Å². The molecule has 0 fully saturated rings. The van der Waals surface area contributed by atoms with Gasteiger partial charge in [0.15, 0.2) is 11.5 Å². The number of hydrogen-bond acceptors (Lipinski definition) is 5. The van der Waals surface area contributed by atoms with Gasteiger partial charge in [-0.05, 0) is 31.2 Å². The van der Waals surface area contributed by atoms with Crippen LogP contribution in [0.1, 0.15) is 16.2 Å². The Bertz CT molecular complexity index is 1200. The van der Waals surface area contributed by atoms with E-state index < -0.39 is 11.8 Å². The van der Waals surface area contributed by atoms with Crippen molar-refractivity contribution >= 4 is 17.4 Å². The SMILES string of the molecule is Cc1cnc2ccc(-c3nc(C(=O)O)c(N)nc3-c3cccc(F)c3)cn12. The Hall–Kier alpha value is -3.81. The molecule has 27 heavy (non-hydrogen) atoms. The molecule has 0 aliphatic heterocycles. The Morgan fingerprint density at radius 2 is 1.93 bits per heavy atom. The molecule has 0 saturated heterocycles. The van der Waals surface area contributed by atoms with Gasteiger partial charge in [-0.3, -0.25) is 0 Å². The van der Waals surface area contributed by atoms with Crippen molar-refractivity contribution in [2.45, 2.75) is 6.92 Å². The van der Waals surface area contributed by atoms with Crippen molar-refractivity contribution in [3.8, 4) is 22.5 Å². The number of carboxylic acids is 1. The molecular formula is C19H14FN5O2. The van der Waals surface area contributed by atoms with E-state index in [0.717, 1.165) is 11.3 Å². The average molecular weight is 363 g/mol. The van der Waals surface area contributed by atoms with Crippen LogP contribution in [-0.4, -0.2) is 30.4 Å². The molecule has 0 aliphatic carbocycles. The third-order valence-electron chi connectivity index (χ3n) is 4.19. The summed E-state index contributed by atoms with van der Waals surface area (Å²) in [6.45, 7) is 1.90. The number of imidazole rings is 1. The van der Waals surface area contributed by atoms with Gasteiger partial charge in [-0.25, -0.2) is 24.1 Å². The molecule has 0 spiro atoms. The number of nitrogens with two attached hydrogens (primary N) is 1. The quantitative estimate of drug-likeness (QED) is 0.579. The number of aryl methyl sites for hydroxylation is 1. The second-order valence-corrected chi connectivity index (χ2v) is 6.02. The molecule has 3 N–H and O–H groups in total. The van der Waals surface area contributed by atoms with Crippen LogP contribution in [0.2, 0.25) is 0 Å². The molecule has 4 aromatic rings. The molecule has 1 aromatic carbocycles. The minimum atomic E-state index is -1.29. The first-order chi connectivity index (χ1) is 12.9. The number of nitrogens with zero attached hydrogens (tertiary/aromatic N) is 4. The highest BCUT2D eigenvalue weighted by molar-refractivity contribution is 5.93. The van der Waals surface area contributed by atoms with Crippen molar-refractivity contribution in [1.29, 1.82) is 0 Å². The number of carboxylic acid groups (broad SMARTS) is 1. The number of aromatic nitrogens is 4. The van der Waals surface area contributed by atoms with Crippen LogP contribution < -0.4 is 5.73 Å². The fourth-order valence-electron chi connectivity index (χ4n) is 2.89. The summed E-state index contributed by atoms with van der Waals surface area (Å²) in [6, 6.07) is 9.37. The molecular weight excluding hydrogens is 349 g/mol. The number of pyridine rings is 1. The van der Waals surface area contributed by atoms with E-state index in [-0.39, 0.29) is 11.5 Å². The van der Waals surface area contributed by atoms with Crippen LogP contribution in [0.5, 0.6) is 0 Å². The minimum Gasteiger partial charge on any atom is -0.476 e. The molecule has 0 radical (unpaired) electrons. The van der Waals surface area contributed by atoms with Crippen molar-refractivity contribution in [1.82, 2.24) is 19.4 Å². The molecule has 0 bridgehead atoms. The number of aromatic carboxylic acids is 1. The van der Waals surface area contributed by atoms with Crippen LogP contribution in [0.25, 0.3) is 28.2 Å². The molecule has 4 rings (SSSR count). The van der Waals surface area contributed by atoms with Crippen molar-refractivity contribution in [3.63, 3.8) is 0 Å². The predicted octanol–water partition coefficient (Wildman–Crippen LogP) is 3.19. The van der Waals surface area contributed by atoms with E-state index in [1.54, 1.807) is 36.7 Å². The summed E-state index contributed by atoms with van der Waals surface area (Å²) in [5.74, 6) is -1.96. The summed E-state index contributed by atoms with van der Waals surface area (Å²) in [6.07, 6.45) is 3.51. The third kappa shape index (κ3) is 2.86. The molecule has 7 nitrogen and oxygen atoms in total. The van der Waals surface area contributed by atoms with Crippen molar-refractivity contribution in [3.05, 3.63) is 66.0 Å². The van der Waals surface area contributed by atoms with Gasteiger partial charge in [0.2, 0.25) is 0 Å². The summed E-state index contributed by atoms with van der Waals surface area (Å²) in [5, 5.41) is 9.37. The second kappa shape index (κ2) is 6.17. The van der Waals surface area contributed by atoms with E-state index in [1.165, 1.54) is 12.1 Å². The third-order valence-corrected chi connectivity index (χ3v) is 4.19. The topological polar surface area (TPSA) is 106 Å². The number of carbonyl (C=O) groups is 1. The Balaban J connectivity index is 2.02. The summed E-state index contributed by atoms with van der Waals surface area (Å²) < 4.78 is 15.6. The number of benzene rings is 1. The van der Waals surface area contributed by atoms with Crippen LogP contribution in [0.4, 0.5) is 10.2 Å². The lowest BCUT2D eigenvalue weighted by Gasteiger charge is -2.12. The number of halogens is 1. The lowest BCUT2D eigenvalue weighted by molar-refractivity contribution is 0.0691. The van der Waals surface area contributed by atoms with Gasteiger partial charge in [-0.1, -0.05) is 12.1 Å². The monoisotopic (exact) mass is 363 g/mol. The van der Waals surface area contributed by atoms with E-state index in [2.05, 4.69) is 15.0 Å². The number of rotatable bonds is 3. The number of anilines is 1. The largest absolute Gasteiger partial charge is 0.476 e.